The van der Waals surface area contributed by atoms with E-state index < -0.39 is 5.82 Å². The number of ether oxygens (including phenoxy) is 1. The molecule has 0 N–H and O–H groups in total. The zero-order valence-corrected chi connectivity index (χ0v) is 22.6. The van der Waals surface area contributed by atoms with Crippen molar-refractivity contribution in [2.75, 3.05) is 31.1 Å². The van der Waals surface area contributed by atoms with Crippen LogP contribution >= 0.6 is 11.6 Å². The molecule has 4 heterocycles. The molecule has 204 valence electrons. The second-order valence-electron chi connectivity index (χ2n) is 10.8. The first-order valence-electron chi connectivity index (χ1n) is 13.7. The van der Waals surface area contributed by atoms with Gasteiger partial charge in [-0.3, -0.25) is 4.79 Å². The minimum absolute atomic E-state index is 0.0296. The van der Waals surface area contributed by atoms with Crippen molar-refractivity contribution in [3.05, 3.63) is 70.8 Å². The fourth-order valence-corrected chi connectivity index (χ4v) is 6.12. The van der Waals surface area contributed by atoms with Gasteiger partial charge in [-0.2, -0.15) is 0 Å². The number of carbonyl (C=O) groups excluding carboxylic acids is 1. The highest BCUT2D eigenvalue weighted by atomic mass is 35.5. The topological polar surface area (TPSA) is 84.3 Å². The van der Waals surface area contributed by atoms with Crippen LogP contribution in [0.4, 0.5) is 10.3 Å². The molecule has 39 heavy (non-hydrogen) atoms. The summed E-state index contributed by atoms with van der Waals surface area (Å²) in [5, 5.41) is 0.557. The minimum atomic E-state index is -0.401. The van der Waals surface area contributed by atoms with Crippen LogP contribution < -0.4 is 9.64 Å². The van der Waals surface area contributed by atoms with Crippen molar-refractivity contribution in [1.82, 2.24) is 24.8 Å². The first-order valence-corrected chi connectivity index (χ1v) is 14.1. The maximum absolute atomic E-state index is 14.8. The summed E-state index contributed by atoms with van der Waals surface area (Å²) >= 11 is 5.90. The van der Waals surface area contributed by atoms with Crippen LogP contribution in [0.25, 0.3) is 0 Å². The summed E-state index contributed by atoms with van der Waals surface area (Å²) in [6.07, 6.45) is 11.8. The van der Waals surface area contributed by atoms with Gasteiger partial charge in [0.25, 0.3) is 0 Å². The molecule has 2 aliphatic heterocycles. The number of carbonyl (C=O) groups is 1. The summed E-state index contributed by atoms with van der Waals surface area (Å²) in [4.78, 5) is 33.8. The second kappa shape index (κ2) is 11.4. The van der Waals surface area contributed by atoms with Crippen molar-refractivity contribution >= 4 is 23.5 Å². The molecular weight excluding hydrogens is 519 g/mol. The van der Waals surface area contributed by atoms with Crippen LogP contribution in [-0.2, 0) is 24.2 Å². The van der Waals surface area contributed by atoms with Crippen molar-refractivity contribution in [2.45, 2.75) is 45.1 Å². The van der Waals surface area contributed by atoms with Crippen LogP contribution in [0, 0.1) is 23.6 Å². The molecule has 2 aromatic heterocycles. The first kappa shape index (κ1) is 25.9. The zero-order valence-electron chi connectivity index (χ0n) is 21.8. The van der Waals surface area contributed by atoms with Gasteiger partial charge in [-0.25, -0.2) is 24.3 Å². The molecule has 1 aliphatic carbocycles. The number of nitrogens with zero attached hydrogens (tertiary/aromatic N) is 6. The highest BCUT2D eigenvalue weighted by molar-refractivity contribution is 6.30. The molecule has 0 bridgehead atoms. The smallest absolute Gasteiger partial charge is 0.227 e. The van der Waals surface area contributed by atoms with Gasteiger partial charge >= 0.3 is 0 Å². The fourth-order valence-electron chi connectivity index (χ4n) is 6.02. The highest BCUT2D eigenvalue weighted by Crippen LogP contribution is 2.49. The maximum atomic E-state index is 14.8. The van der Waals surface area contributed by atoms with Gasteiger partial charge in [0, 0.05) is 50.4 Å². The van der Waals surface area contributed by atoms with Crippen molar-refractivity contribution < 1.29 is 13.9 Å². The van der Waals surface area contributed by atoms with Crippen molar-refractivity contribution in [3.63, 3.8) is 0 Å². The third-order valence-corrected chi connectivity index (χ3v) is 8.54. The Morgan fingerprint density at radius 1 is 1.10 bits per heavy atom. The predicted octanol–water partition coefficient (Wildman–Crippen LogP) is 4.51. The van der Waals surface area contributed by atoms with E-state index in [2.05, 4.69) is 24.8 Å². The Labute approximate surface area is 232 Å². The number of halogens is 2. The Morgan fingerprint density at radius 3 is 2.72 bits per heavy atom. The summed E-state index contributed by atoms with van der Waals surface area (Å²) in [7, 11) is 0. The molecule has 1 aromatic carbocycles. The molecular formula is C29H32ClFN6O2. The van der Waals surface area contributed by atoms with E-state index in [0.717, 1.165) is 61.4 Å². The van der Waals surface area contributed by atoms with Crippen molar-refractivity contribution in [3.8, 4) is 5.75 Å². The standard InChI is InChI=1S/C29H32ClFN6O2/c30-23-15-33-29(34-16-23)36-7-3-19(4-8-36)25-11-20(25)6-10-39-24-2-1-21(26(31)13-24)12-28(38)37-9-5-27-22(17-37)14-32-18-35-27/h1-2,13-16,18-20,25H,3-12,17H2/t20-,25-/m1/s1. The SMILES string of the molecule is O=C(Cc1ccc(OCC[C@@H]2C[C@@H]2C2CCN(c3ncc(Cl)cn3)CC2)cc1F)N1CCc2ncncc2C1. The lowest BCUT2D eigenvalue weighted by molar-refractivity contribution is -0.131. The lowest BCUT2D eigenvalue weighted by atomic mass is 9.90. The van der Waals surface area contributed by atoms with Crippen LogP contribution in [0.5, 0.6) is 5.75 Å². The van der Waals surface area contributed by atoms with Crippen LogP contribution in [0.3, 0.4) is 0 Å². The number of anilines is 1. The number of hydrogen-bond acceptors (Lipinski definition) is 7. The van der Waals surface area contributed by atoms with Gasteiger partial charge in [-0.05, 0) is 55.1 Å². The largest absolute Gasteiger partial charge is 0.493 e. The number of fused-ring (bicyclic) bond motifs is 1. The molecule has 1 saturated heterocycles. The summed E-state index contributed by atoms with van der Waals surface area (Å²) in [6.45, 7) is 3.57. The average Bonchev–Trinajstić information content (AvgIpc) is 3.74. The van der Waals surface area contributed by atoms with Gasteiger partial charge in [0.2, 0.25) is 11.9 Å². The normalized spacial score (nSPS) is 21.0. The van der Waals surface area contributed by atoms with E-state index in [1.165, 1.54) is 18.8 Å². The lowest BCUT2D eigenvalue weighted by Crippen LogP contribution is -2.37. The Kier molecular flexibility index (Phi) is 7.59. The van der Waals surface area contributed by atoms with Gasteiger partial charge in [0.15, 0.2) is 0 Å². The molecule has 10 heteroatoms. The molecule has 1 saturated carbocycles. The van der Waals surface area contributed by atoms with Crippen molar-refractivity contribution in [1.29, 1.82) is 0 Å². The fraction of sp³-hybridized carbons (Fsp3) is 0.483. The summed E-state index contributed by atoms with van der Waals surface area (Å²) in [6, 6.07) is 4.84. The Morgan fingerprint density at radius 2 is 1.92 bits per heavy atom. The average molecular weight is 551 g/mol. The monoisotopic (exact) mass is 550 g/mol. The maximum Gasteiger partial charge on any atom is 0.227 e. The Hall–Kier alpha value is -3.33. The lowest BCUT2D eigenvalue weighted by Gasteiger charge is -2.32. The Balaban J connectivity index is 0.924. The van der Waals surface area contributed by atoms with Gasteiger partial charge < -0.3 is 14.5 Å². The van der Waals surface area contributed by atoms with E-state index in [0.29, 0.717) is 48.4 Å². The number of hydrogen-bond donors (Lipinski definition) is 0. The third kappa shape index (κ3) is 6.13. The molecule has 2 atom stereocenters. The predicted molar refractivity (Wildman–Crippen MR) is 145 cm³/mol. The zero-order chi connectivity index (χ0) is 26.8. The number of rotatable bonds is 8. The molecule has 3 aliphatic rings. The quantitative estimate of drug-likeness (QED) is 0.408. The third-order valence-electron chi connectivity index (χ3n) is 8.35. The van der Waals surface area contributed by atoms with Gasteiger partial charge in [-0.15, -0.1) is 0 Å². The van der Waals surface area contributed by atoms with Gasteiger partial charge in [-0.1, -0.05) is 17.7 Å². The second-order valence-corrected chi connectivity index (χ2v) is 11.2. The van der Waals surface area contributed by atoms with E-state index in [-0.39, 0.29) is 12.3 Å². The summed E-state index contributed by atoms with van der Waals surface area (Å²) < 4.78 is 20.7. The van der Waals surface area contributed by atoms with Gasteiger partial charge in [0.05, 0.1) is 36.1 Å². The van der Waals surface area contributed by atoms with Crippen LogP contribution in [-0.4, -0.2) is 57.0 Å². The summed E-state index contributed by atoms with van der Waals surface area (Å²) in [5.41, 5.74) is 2.33. The summed E-state index contributed by atoms with van der Waals surface area (Å²) in [5.74, 6) is 2.93. The molecule has 0 radical (unpaired) electrons. The first-order chi connectivity index (χ1) is 19.0. The van der Waals surface area contributed by atoms with Gasteiger partial charge in [0.1, 0.15) is 17.9 Å². The van der Waals surface area contributed by atoms with Crippen LogP contribution in [0.2, 0.25) is 5.02 Å². The van der Waals surface area contributed by atoms with E-state index in [4.69, 9.17) is 16.3 Å². The van der Waals surface area contributed by atoms with Crippen LogP contribution in [0.1, 0.15) is 42.5 Å². The number of benzene rings is 1. The molecule has 3 aromatic rings. The number of aromatic nitrogens is 4. The van der Waals surface area contributed by atoms with Crippen molar-refractivity contribution in [2.24, 2.45) is 17.8 Å². The molecule has 0 spiro atoms. The van der Waals surface area contributed by atoms with E-state index >= 15 is 0 Å². The Bertz CT molecular complexity index is 1320. The van der Waals surface area contributed by atoms with E-state index in [1.807, 2.05) is 0 Å². The van der Waals surface area contributed by atoms with E-state index in [1.54, 1.807) is 35.6 Å². The molecule has 0 unspecified atom stereocenters. The molecule has 2 fully saturated rings. The number of piperidine rings is 1. The highest BCUT2D eigenvalue weighted by Gasteiger charge is 2.43. The van der Waals surface area contributed by atoms with Crippen LogP contribution in [0.15, 0.2) is 43.1 Å². The molecule has 6 rings (SSSR count). The molecule has 1 amide bonds. The van der Waals surface area contributed by atoms with E-state index in [9.17, 15) is 9.18 Å². The number of amides is 1. The molecule has 8 nitrogen and oxygen atoms in total. The minimum Gasteiger partial charge on any atom is -0.493 e.